The average Bonchev–Trinajstić information content (AvgIpc) is 3.12. The Morgan fingerprint density at radius 2 is 1.75 bits per heavy atom. The zero-order valence-electron chi connectivity index (χ0n) is 18.2. The summed E-state index contributed by atoms with van der Waals surface area (Å²) < 4.78 is 46.5. The Hall–Kier alpha value is -3.53. The summed E-state index contributed by atoms with van der Waals surface area (Å²) in [6, 6.07) is 11.9. The van der Waals surface area contributed by atoms with E-state index in [9.17, 15) is 13.2 Å². The van der Waals surface area contributed by atoms with Gasteiger partial charge in [-0.3, -0.25) is 4.79 Å². The molecule has 1 heterocycles. The number of aryl methyl sites for hydroxylation is 1. The van der Waals surface area contributed by atoms with Crippen LogP contribution >= 0.6 is 0 Å². The first kappa shape index (κ1) is 23.1. The number of rotatable bonds is 9. The molecule has 3 aromatic rings. The van der Waals surface area contributed by atoms with Gasteiger partial charge in [-0.25, -0.2) is 13.4 Å². The number of ether oxygens (including phenoxy) is 3. The smallest absolute Gasteiger partial charge is 0.239 e. The molecule has 0 unspecified atom stereocenters. The Kier molecular flexibility index (Phi) is 7.04. The molecule has 0 bridgehead atoms. The molecule has 0 saturated carbocycles. The van der Waals surface area contributed by atoms with Gasteiger partial charge in [0.1, 0.15) is 28.8 Å². The van der Waals surface area contributed by atoms with Crippen molar-refractivity contribution in [1.82, 2.24) is 4.98 Å². The lowest BCUT2D eigenvalue weighted by Crippen LogP contribution is -2.24. The molecule has 0 aliphatic heterocycles. The Morgan fingerprint density at radius 3 is 2.44 bits per heavy atom. The van der Waals surface area contributed by atoms with Gasteiger partial charge < -0.3 is 23.9 Å². The largest absolute Gasteiger partial charge is 0.497 e. The second kappa shape index (κ2) is 9.73. The lowest BCUT2D eigenvalue weighted by molar-refractivity contribution is -0.113. The molecule has 0 radical (unpaired) electrons. The molecule has 1 N–H and O–H groups in total. The van der Waals surface area contributed by atoms with E-state index < -0.39 is 27.3 Å². The number of hydrogen-bond donors (Lipinski definition) is 1. The molecule has 0 aliphatic rings. The van der Waals surface area contributed by atoms with Crippen LogP contribution in [0.25, 0.3) is 11.5 Å². The first-order valence-corrected chi connectivity index (χ1v) is 11.4. The molecule has 3 rings (SSSR count). The van der Waals surface area contributed by atoms with E-state index in [0.29, 0.717) is 34.3 Å². The highest BCUT2D eigenvalue weighted by molar-refractivity contribution is 7.91. The van der Waals surface area contributed by atoms with Crippen LogP contribution in [0.15, 0.2) is 46.9 Å². The molecule has 1 aromatic heterocycles. The van der Waals surface area contributed by atoms with Crippen LogP contribution in [0.5, 0.6) is 17.2 Å². The summed E-state index contributed by atoms with van der Waals surface area (Å²) in [6.07, 6.45) is 0. The summed E-state index contributed by atoms with van der Waals surface area (Å²) in [5, 5.41) is 2.56. The molecule has 2 aromatic carbocycles. The maximum absolute atomic E-state index is 12.7. The number of carbonyl (C=O) groups is 1. The van der Waals surface area contributed by atoms with Crippen LogP contribution < -0.4 is 19.5 Å². The minimum absolute atomic E-state index is 0.245. The molecule has 0 fully saturated rings. The third-order valence-electron chi connectivity index (χ3n) is 4.60. The number of methoxy groups -OCH3 is 3. The third kappa shape index (κ3) is 5.58. The number of nitrogens with one attached hydrogen (secondary N) is 1. The zero-order valence-corrected chi connectivity index (χ0v) is 19.0. The highest BCUT2D eigenvalue weighted by atomic mass is 32.2. The van der Waals surface area contributed by atoms with Crippen molar-refractivity contribution in [2.75, 3.05) is 32.4 Å². The molecule has 0 atom stereocenters. The second-order valence-corrected chi connectivity index (χ2v) is 8.96. The number of sulfone groups is 1. The van der Waals surface area contributed by atoms with Gasteiger partial charge in [-0.05, 0) is 37.3 Å². The topological polar surface area (TPSA) is 117 Å². The van der Waals surface area contributed by atoms with Crippen LogP contribution in [0.4, 0.5) is 5.69 Å². The number of amides is 1. The standard InChI is InChI=1S/C22H24N2O7S/c1-14-19(24-22(31-14)15-6-5-7-16(10-15)28-2)12-32(26,27)13-21(25)23-18-11-17(29-3)8-9-20(18)30-4/h5-11H,12-13H2,1-4H3,(H,23,25). The van der Waals surface area contributed by atoms with Gasteiger partial charge in [-0.2, -0.15) is 0 Å². The predicted molar refractivity (Wildman–Crippen MR) is 119 cm³/mol. The van der Waals surface area contributed by atoms with Crippen LogP contribution in [-0.4, -0.2) is 46.4 Å². The van der Waals surface area contributed by atoms with Crippen molar-refractivity contribution < 1.29 is 31.8 Å². The van der Waals surface area contributed by atoms with Crippen LogP contribution in [0.1, 0.15) is 11.5 Å². The van der Waals surface area contributed by atoms with Crippen LogP contribution in [0.2, 0.25) is 0 Å². The summed E-state index contributed by atoms with van der Waals surface area (Å²) in [7, 11) is 0.651. The van der Waals surface area contributed by atoms with Crippen molar-refractivity contribution in [2.45, 2.75) is 12.7 Å². The molecule has 0 aliphatic carbocycles. The number of hydrogen-bond acceptors (Lipinski definition) is 8. The number of aromatic nitrogens is 1. The first-order valence-electron chi connectivity index (χ1n) is 9.57. The molecule has 170 valence electrons. The Labute approximate surface area is 186 Å². The Bertz CT molecular complexity index is 1220. The van der Waals surface area contributed by atoms with Crippen molar-refractivity contribution in [1.29, 1.82) is 0 Å². The van der Waals surface area contributed by atoms with Crippen LogP contribution in [0, 0.1) is 6.92 Å². The molecule has 0 spiro atoms. The van der Waals surface area contributed by atoms with Crippen molar-refractivity contribution in [3.8, 4) is 28.7 Å². The van der Waals surface area contributed by atoms with E-state index in [-0.39, 0.29) is 11.6 Å². The quantitative estimate of drug-likeness (QED) is 0.517. The van der Waals surface area contributed by atoms with Crippen molar-refractivity contribution >= 4 is 21.4 Å². The number of anilines is 1. The van der Waals surface area contributed by atoms with Crippen LogP contribution in [-0.2, 0) is 20.4 Å². The maximum atomic E-state index is 12.7. The predicted octanol–water partition coefficient (Wildman–Crippen LogP) is 3.23. The fraction of sp³-hybridized carbons (Fsp3) is 0.273. The molecular formula is C22H24N2O7S. The molecular weight excluding hydrogens is 436 g/mol. The summed E-state index contributed by atoms with van der Waals surface area (Å²) in [4.78, 5) is 16.7. The fourth-order valence-corrected chi connectivity index (χ4v) is 4.26. The van der Waals surface area contributed by atoms with E-state index in [4.69, 9.17) is 18.6 Å². The molecule has 10 heteroatoms. The lowest BCUT2D eigenvalue weighted by atomic mass is 10.2. The number of benzene rings is 2. The number of oxazole rings is 1. The van der Waals surface area contributed by atoms with Gasteiger partial charge >= 0.3 is 0 Å². The van der Waals surface area contributed by atoms with Gasteiger partial charge in [-0.1, -0.05) is 6.07 Å². The maximum Gasteiger partial charge on any atom is 0.239 e. The summed E-state index contributed by atoms with van der Waals surface area (Å²) in [5.74, 6) is 0.267. The molecule has 9 nitrogen and oxygen atoms in total. The highest BCUT2D eigenvalue weighted by Crippen LogP contribution is 2.29. The first-order chi connectivity index (χ1) is 15.2. The van der Waals surface area contributed by atoms with E-state index in [2.05, 4.69) is 10.3 Å². The summed E-state index contributed by atoms with van der Waals surface area (Å²) in [6.45, 7) is 1.63. The fourth-order valence-electron chi connectivity index (χ4n) is 3.00. The van der Waals surface area contributed by atoms with Gasteiger partial charge in [-0.15, -0.1) is 0 Å². The van der Waals surface area contributed by atoms with Crippen molar-refractivity contribution in [3.05, 3.63) is 53.9 Å². The number of nitrogens with zero attached hydrogens (tertiary/aromatic N) is 1. The zero-order chi connectivity index (χ0) is 23.3. The van der Waals surface area contributed by atoms with Crippen molar-refractivity contribution in [2.24, 2.45) is 0 Å². The third-order valence-corrected chi connectivity index (χ3v) is 6.01. The number of carbonyl (C=O) groups excluding carboxylic acids is 1. The average molecular weight is 461 g/mol. The summed E-state index contributed by atoms with van der Waals surface area (Å²) >= 11 is 0. The minimum Gasteiger partial charge on any atom is -0.497 e. The van der Waals surface area contributed by atoms with E-state index in [1.165, 1.54) is 14.2 Å². The monoisotopic (exact) mass is 460 g/mol. The summed E-state index contributed by atoms with van der Waals surface area (Å²) in [5.41, 5.74) is 1.21. The van der Waals surface area contributed by atoms with E-state index in [0.717, 1.165) is 0 Å². The van der Waals surface area contributed by atoms with Gasteiger partial charge in [0.25, 0.3) is 0 Å². The van der Waals surface area contributed by atoms with E-state index >= 15 is 0 Å². The second-order valence-electron chi connectivity index (χ2n) is 6.90. The highest BCUT2D eigenvalue weighted by Gasteiger charge is 2.23. The lowest BCUT2D eigenvalue weighted by Gasteiger charge is -2.11. The Morgan fingerprint density at radius 1 is 1.03 bits per heavy atom. The molecule has 32 heavy (non-hydrogen) atoms. The van der Waals surface area contributed by atoms with Crippen LogP contribution in [0.3, 0.4) is 0 Å². The molecule has 1 amide bonds. The Balaban J connectivity index is 1.73. The van der Waals surface area contributed by atoms with Gasteiger partial charge in [0.2, 0.25) is 11.8 Å². The van der Waals surface area contributed by atoms with E-state index in [1.807, 2.05) is 0 Å². The SMILES string of the molecule is COc1cccc(-c2nc(CS(=O)(=O)CC(=O)Nc3cc(OC)ccc3OC)c(C)o2)c1. The van der Waals surface area contributed by atoms with Gasteiger partial charge in [0.15, 0.2) is 9.84 Å². The van der Waals surface area contributed by atoms with E-state index in [1.54, 1.807) is 56.5 Å². The van der Waals surface area contributed by atoms with Crippen molar-refractivity contribution in [3.63, 3.8) is 0 Å². The molecule has 0 saturated heterocycles. The van der Waals surface area contributed by atoms with Gasteiger partial charge in [0.05, 0.1) is 38.5 Å². The van der Waals surface area contributed by atoms with Gasteiger partial charge in [0, 0.05) is 11.6 Å². The minimum atomic E-state index is -3.82. The normalized spacial score (nSPS) is 11.1.